The highest BCUT2D eigenvalue weighted by atomic mass is 79.9. The van der Waals surface area contributed by atoms with Crippen molar-refractivity contribution in [2.24, 2.45) is 0 Å². The van der Waals surface area contributed by atoms with Crippen molar-refractivity contribution in [2.75, 3.05) is 7.05 Å². The van der Waals surface area contributed by atoms with Crippen LogP contribution in [0.5, 0.6) is 0 Å². The van der Waals surface area contributed by atoms with E-state index in [9.17, 15) is 4.79 Å². The smallest absolute Gasteiger partial charge is 0.320 e. The van der Waals surface area contributed by atoms with Crippen molar-refractivity contribution in [1.82, 2.24) is 5.32 Å². The third kappa shape index (κ3) is 4.08. The van der Waals surface area contributed by atoms with Crippen LogP contribution in [-0.2, 0) is 4.79 Å². The summed E-state index contributed by atoms with van der Waals surface area (Å²) in [4.78, 5) is 9.87. The quantitative estimate of drug-likeness (QED) is 0.646. The molecule has 0 rings (SSSR count). The zero-order chi connectivity index (χ0) is 5.86. The molecule has 0 aromatic carbocycles. The fraction of sp³-hybridized carbons (Fsp3) is 0.750. The van der Waals surface area contributed by atoms with E-state index in [1.165, 1.54) is 0 Å². The Morgan fingerprint density at radius 2 is 2.12 bits per heavy atom. The molecule has 0 fully saturated rings. The number of carboxylic acid groups (broad SMARTS) is 1. The number of carboxylic acids is 1. The Bertz CT molecular complexity index is 76.4. The fourth-order valence-electron chi connectivity index (χ4n) is 0.123. The van der Waals surface area contributed by atoms with Gasteiger partial charge in [-0.2, -0.15) is 0 Å². The monoisotopic (exact) mass is 183 g/mol. The Labute approximate surface area is 58.9 Å². The van der Waals surface area contributed by atoms with Crippen LogP contribution in [0.2, 0.25) is 0 Å². The van der Waals surface area contributed by atoms with Crippen LogP contribution in [0.15, 0.2) is 0 Å². The van der Waals surface area contributed by atoms with Gasteiger partial charge in [-0.1, -0.05) is 0 Å². The molecule has 50 valence electrons. The van der Waals surface area contributed by atoms with E-state index in [2.05, 4.69) is 5.32 Å². The minimum absolute atomic E-state index is 0. The Hall–Kier alpha value is -0.0900. The highest BCUT2D eigenvalue weighted by molar-refractivity contribution is 8.93. The van der Waals surface area contributed by atoms with Crippen LogP contribution in [0.1, 0.15) is 6.92 Å². The maximum atomic E-state index is 9.87. The van der Waals surface area contributed by atoms with Crippen molar-refractivity contribution in [1.29, 1.82) is 0 Å². The minimum Gasteiger partial charge on any atom is -0.480 e. The normalized spacial score (nSPS) is 11.8. The minimum atomic E-state index is -0.817. The number of nitrogens with one attached hydrogen (secondary N) is 1. The molecule has 1 atom stereocenters. The molecular formula is C4H10BrNO2. The van der Waals surface area contributed by atoms with Crippen LogP contribution in [0, 0.1) is 0 Å². The number of halogens is 1. The maximum absolute atomic E-state index is 9.87. The summed E-state index contributed by atoms with van der Waals surface area (Å²) in [6, 6.07) is -0.431. The summed E-state index contributed by atoms with van der Waals surface area (Å²) in [6.07, 6.45) is 0. The SMILES string of the molecule is Br.CN[C@H](C)C(=O)O. The average Bonchev–Trinajstić information content (AvgIpc) is 1.65. The van der Waals surface area contributed by atoms with Crippen LogP contribution in [0.4, 0.5) is 0 Å². The molecule has 0 amide bonds. The van der Waals surface area contributed by atoms with Gasteiger partial charge in [0.25, 0.3) is 0 Å². The van der Waals surface area contributed by atoms with Gasteiger partial charge < -0.3 is 10.4 Å². The van der Waals surface area contributed by atoms with E-state index in [-0.39, 0.29) is 17.0 Å². The third-order valence-corrected chi connectivity index (χ3v) is 0.803. The number of hydrogen-bond acceptors (Lipinski definition) is 2. The van der Waals surface area contributed by atoms with Crippen molar-refractivity contribution >= 4 is 23.0 Å². The summed E-state index contributed by atoms with van der Waals surface area (Å²) in [6.45, 7) is 1.59. The molecule has 8 heavy (non-hydrogen) atoms. The molecule has 0 aliphatic carbocycles. The first-order valence-electron chi connectivity index (χ1n) is 2.08. The Kier molecular flexibility index (Phi) is 6.83. The van der Waals surface area contributed by atoms with Crippen LogP contribution in [-0.4, -0.2) is 24.2 Å². The third-order valence-electron chi connectivity index (χ3n) is 0.803. The topological polar surface area (TPSA) is 49.3 Å². The average molecular weight is 184 g/mol. The number of aliphatic carboxylic acids is 1. The molecule has 0 bridgehead atoms. The number of hydrogen-bond donors (Lipinski definition) is 2. The standard InChI is InChI=1S/C4H9NO2.BrH/c1-3(5-2)4(6)7;/h3,5H,1-2H3,(H,6,7);1H/t3-;/m1./s1. The lowest BCUT2D eigenvalue weighted by molar-refractivity contribution is -0.138. The molecule has 0 unspecified atom stereocenters. The zero-order valence-corrected chi connectivity index (χ0v) is 6.55. The lowest BCUT2D eigenvalue weighted by Gasteiger charge is -1.99. The first-order valence-corrected chi connectivity index (χ1v) is 2.08. The molecule has 3 nitrogen and oxygen atoms in total. The van der Waals surface area contributed by atoms with Gasteiger partial charge in [-0.25, -0.2) is 0 Å². The van der Waals surface area contributed by atoms with E-state index in [0.29, 0.717) is 0 Å². The lowest BCUT2D eigenvalue weighted by atomic mass is 10.4. The molecule has 0 heterocycles. The molecule has 0 aliphatic heterocycles. The van der Waals surface area contributed by atoms with Crippen molar-refractivity contribution < 1.29 is 9.90 Å². The van der Waals surface area contributed by atoms with Gasteiger partial charge in [0.2, 0.25) is 0 Å². The van der Waals surface area contributed by atoms with Gasteiger partial charge in [0.1, 0.15) is 6.04 Å². The van der Waals surface area contributed by atoms with E-state index in [0.717, 1.165) is 0 Å². The maximum Gasteiger partial charge on any atom is 0.320 e. The van der Waals surface area contributed by atoms with Crippen molar-refractivity contribution in [3.05, 3.63) is 0 Å². The number of rotatable bonds is 2. The second kappa shape index (κ2) is 5.05. The van der Waals surface area contributed by atoms with E-state index < -0.39 is 12.0 Å². The van der Waals surface area contributed by atoms with Gasteiger partial charge in [-0.3, -0.25) is 4.79 Å². The van der Waals surface area contributed by atoms with Crippen molar-refractivity contribution in [2.45, 2.75) is 13.0 Å². The largest absolute Gasteiger partial charge is 0.480 e. The molecule has 0 spiro atoms. The second-order valence-corrected chi connectivity index (χ2v) is 1.35. The molecular weight excluding hydrogens is 174 g/mol. The highest BCUT2D eigenvalue weighted by Gasteiger charge is 2.04. The Morgan fingerprint density at radius 1 is 1.75 bits per heavy atom. The highest BCUT2D eigenvalue weighted by Crippen LogP contribution is 1.74. The number of likely N-dealkylation sites (N-methyl/N-ethyl adjacent to an activating group) is 1. The first kappa shape index (κ1) is 10.8. The fourth-order valence-corrected chi connectivity index (χ4v) is 0.123. The summed E-state index contributed by atoms with van der Waals surface area (Å²) in [5.74, 6) is -0.817. The van der Waals surface area contributed by atoms with Crippen molar-refractivity contribution in [3.63, 3.8) is 0 Å². The van der Waals surface area contributed by atoms with Gasteiger partial charge in [-0.05, 0) is 14.0 Å². The van der Waals surface area contributed by atoms with Crippen LogP contribution in [0.3, 0.4) is 0 Å². The molecule has 0 aliphatic rings. The number of carbonyl (C=O) groups is 1. The molecule has 0 aromatic heterocycles. The summed E-state index contributed by atoms with van der Waals surface area (Å²) in [7, 11) is 1.61. The van der Waals surface area contributed by atoms with E-state index >= 15 is 0 Å². The Morgan fingerprint density at radius 3 is 2.12 bits per heavy atom. The predicted octanol–water partition coefficient (Wildman–Crippen LogP) is 0.257. The van der Waals surface area contributed by atoms with Gasteiger partial charge in [0.15, 0.2) is 0 Å². The van der Waals surface area contributed by atoms with E-state index in [1.54, 1.807) is 14.0 Å². The second-order valence-electron chi connectivity index (χ2n) is 1.35. The molecule has 0 saturated carbocycles. The summed E-state index contributed by atoms with van der Waals surface area (Å²) in [5, 5.41) is 10.7. The molecule has 4 heteroatoms. The van der Waals surface area contributed by atoms with E-state index in [1.807, 2.05) is 0 Å². The van der Waals surface area contributed by atoms with E-state index in [4.69, 9.17) is 5.11 Å². The molecule has 0 saturated heterocycles. The summed E-state index contributed by atoms with van der Waals surface area (Å²) < 4.78 is 0. The van der Waals surface area contributed by atoms with Crippen LogP contribution >= 0.6 is 17.0 Å². The van der Waals surface area contributed by atoms with Gasteiger partial charge >= 0.3 is 5.97 Å². The van der Waals surface area contributed by atoms with Crippen LogP contribution in [0.25, 0.3) is 0 Å². The van der Waals surface area contributed by atoms with Gasteiger partial charge in [0, 0.05) is 0 Å². The predicted molar refractivity (Wildman–Crippen MR) is 36.5 cm³/mol. The summed E-state index contributed by atoms with van der Waals surface area (Å²) in [5.41, 5.74) is 0. The molecule has 0 radical (unpaired) electrons. The first-order chi connectivity index (χ1) is 3.18. The Balaban J connectivity index is 0. The van der Waals surface area contributed by atoms with Crippen molar-refractivity contribution in [3.8, 4) is 0 Å². The van der Waals surface area contributed by atoms with Gasteiger partial charge in [0.05, 0.1) is 0 Å². The lowest BCUT2D eigenvalue weighted by Crippen LogP contribution is -2.29. The zero-order valence-electron chi connectivity index (χ0n) is 4.84. The summed E-state index contributed by atoms with van der Waals surface area (Å²) >= 11 is 0. The van der Waals surface area contributed by atoms with Gasteiger partial charge in [-0.15, -0.1) is 17.0 Å². The van der Waals surface area contributed by atoms with Crippen LogP contribution < -0.4 is 5.32 Å². The molecule has 0 aromatic rings. The molecule has 2 N–H and O–H groups in total.